The highest BCUT2D eigenvalue weighted by atomic mass is 28.4. The van der Waals surface area contributed by atoms with Crippen molar-refractivity contribution in [2.45, 2.75) is 70.7 Å². The fourth-order valence-corrected chi connectivity index (χ4v) is 4.34. The number of ether oxygens (including phenoxy) is 2. The number of H-pyrrole nitrogens is 1. The van der Waals surface area contributed by atoms with Crippen LogP contribution in [0.1, 0.15) is 39.0 Å². The van der Waals surface area contributed by atoms with Crippen LogP contribution in [0.5, 0.6) is 5.75 Å². The van der Waals surface area contributed by atoms with Gasteiger partial charge in [0, 0.05) is 24.2 Å². The molecule has 0 unspecified atom stereocenters. The first-order valence-corrected chi connectivity index (χ1v) is 13.7. The first-order valence-electron chi connectivity index (χ1n) is 10.8. The van der Waals surface area contributed by atoms with E-state index in [9.17, 15) is 19.7 Å². The summed E-state index contributed by atoms with van der Waals surface area (Å²) in [6.07, 6.45) is -0.176. The predicted octanol–water partition coefficient (Wildman–Crippen LogP) is 3.51. The number of aryl methyl sites for hydroxylation is 1. The van der Waals surface area contributed by atoms with Crippen LogP contribution in [0.2, 0.25) is 18.1 Å². The molecule has 33 heavy (non-hydrogen) atoms. The number of aromatic nitrogens is 2. The maximum Gasteiger partial charge on any atom is 0.330 e. The van der Waals surface area contributed by atoms with Crippen LogP contribution in [-0.2, 0) is 9.16 Å². The van der Waals surface area contributed by atoms with Crippen molar-refractivity contribution in [1.82, 2.24) is 9.55 Å². The molecule has 3 rings (SSSR count). The van der Waals surface area contributed by atoms with E-state index in [4.69, 9.17) is 13.9 Å². The molecule has 1 fully saturated rings. The summed E-state index contributed by atoms with van der Waals surface area (Å²) in [6, 6.07) is 6.14. The first kappa shape index (κ1) is 24.9. The number of aromatic amines is 1. The number of hydrogen-bond donors (Lipinski definition) is 1. The molecule has 0 radical (unpaired) electrons. The van der Waals surface area contributed by atoms with Gasteiger partial charge in [-0.05, 0) is 31.1 Å². The average molecular weight is 478 g/mol. The number of benzene rings is 1. The molecular weight excluding hydrogens is 446 g/mol. The van der Waals surface area contributed by atoms with Gasteiger partial charge in [-0.15, -0.1) is 0 Å². The summed E-state index contributed by atoms with van der Waals surface area (Å²) >= 11 is 0. The van der Waals surface area contributed by atoms with Gasteiger partial charge in [-0.2, -0.15) is 0 Å². The largest absolute Gasteiger partial charge is 0.480 e. The molecule has 180 valence electrons. The number of rotatable bonds is 7. The van der Waals surface area contributed by atoms with Gasteiger partial charge < -0.3 is 13.9 Å². The van der Waals surface area contributed by atoms with Gasteiger partial charge in [0.25, 0.3) is 5.56 Å². The predicted molar refractivity (Wildman–Crippen MR) is 125 cm³/mol. The lowest BCUT2D eigenvalue weighted by atomic mass is 10.1. The van der Waals surface area contributed by atoms with E-state index in [-0.39, 0.29) is 29.5 Å². The van der Waals surface area contributed by atoms with Crippen molar-refractivity contribution in [2.24, 2.45) is 0 Å². The molecule has 0 saturated carbocycles. The number of nitro benzene ring substituents is 1. The fraction of sp³-hybridized carbons (Fsp3) is 0.545. The minimum atomic E-state index is -2.11. The van der Waals surface area contributed by atoms with Crippen LogP contribution in [0, 0.1) is 17.0 Å². The zero-order valence-electron chi connectivity index (χ0n) is 19.8. The third-order valence-corrected chi connectivity index (χ3v) is 10.9. The Morgan fingerprint density at radius 1 is 1.27 bits per heavy atom. The van der Waals surface area contributed by atoms with E-state index in [0.717, 1.165) is 0 Å². The van der Waals surface area contributed by atoms with Crippen LogP contribution in [0.25, 0.3) is 0 Å². The van der Waals surface area contributed by atoms with Gasteiger partial charge in [-0.25, -0.2) is 4.79 Å². The smallest absolute Gasteiger partial charge is 0.330 e. The topological polar surface area (TPSA) is 126 Å². The molecule has 1 saturated heterocycles. The molecule has 3 atom stereocenters. The summed E-state index contributed by atoms with van der Waals surface area (Å²) in [5, 5.41) is 11.4. The van der Waals surface area contributed by atoms with Gasteiger partial charge in [0.1, 0.15) is 18.4 Å². The van der Waals surface area contributed by atoms with Gasteiger partial charge in [0.2, 0.25) is 0 Å². The van der Waals surface area contributed by atoms with E-state index in [1.165, 1.54) is 22.9 Å². The van der Waals surface area contributed by atoms with Crippen molar-refractivity contribution < 1.29 is 18.8 Å². The highest BCUT2D eigenvalue weighted by Gasteiger charge is 2.43. The van der Waals surface area contributed by atoms with E-state index in [2.05, 4.69) is 38.8 Å². The van der Waals surface area contributed by atoms with Crippen molar-refractivity contribution in [3.05, 3.63) is 67.0 Å². The molecule has 0 aliphatic carbocycles. The number of hydrogen-bond acceptors (Lipinski definition) is 7. The molecular formula is C22H31N3O7Si. The van der Waals surface area contributed by atoms with Crippen LogP contribution < -0.4 is 16.0 Å². The van der Waals surface area contributed by atoms with E-state index in [1.54, 1.807) is 19.1 Å². The lowest BCUT2D eigenvalue weighted by Gasteiger charge is -2.37. The van der Waals surface area contributed by atoms with Gasteiger partial charge in [-0.1, -0.05) is 32.9 Å². The minimum Gasteiger partial charge on any atom is -0.480 e. The lowest BCUT2D eigenvalue weighted by Crippen LogP contribution is -2.44. The molecule has 1 N–H and O–H groups in total. The number of nitrogens with one attached hydrogen (secondary N) is 1. The molecule has 10 nitrogen and oxygen atoms in total. The monoisotopic (exact) mass is 477 g/mol. The second-order valence-electron chi connectivity index (χ2n) is 9.80. The highest BCUT2D eigenvalue weighted by molar-refractivity contribution is 6.74. The Morgan fingerprint density at radius 2 is 1.94 bits per heavy atom. The van der Waals surface area contributed by atoms with Crippen molar-refractivity contribution >= 4 is 14.0 Å². The maximum atomic E-state index is 12.4. The molecule has 1 aromatic heterocycles. The van der Waals surface area contributed by atoms with Crippen molar-refractivity contribution in [2.75, 3.05) is 6.61 Å². The Balaban J connectivity index is 1.90. The van der Waals surface area contributed by atoms with Crippen molar-refractivity contribution in [1.29, 1.82) is 0 Å². The normalized spacial score (nSPS) is 21.2. The summed E-state index contributed by atoms with van der Waals surface area (Å²) in [7, 11) is -2.11. The molecule has 0 bridgehead atoms. The first-order chi connectivity index (χ1) is 15.3. The number of nitrogens with zero attached hydrogens (tertiary/aromatic N) is 2. The Kier molecular flexibility index (Phi) is 6.96. The standard InChI is InChI=1S/C22H31N3O7Si/c1-14-12-24(21(27)23-20(14)26)19-11-17(31-16-10-8-7-9-15(16)25(28)29)18(32-19)13-30-33(5,6)22(2,3)4/h7-10,12,17-19H,11,13H2,1-6H3,(H,23,26,27)/t17-,18+,19+/m0/s1. The van der Waals surface area contributed by atoms with E-state index >= 15 is 0 Å². The van der Waals surface area contributed by atoms with Crippen LogP contribution >= 0.6 is 0 Å². The highest BCUT2D eigenvalue weighted by Crippen LogP contribution is 2.39. The van der Waals surface area contributed by atoms with Crippen LogP contribution in [0.3, 0.4) is 0 Å². The number of nitro groups is 1. The second-order valence-corrected chi connectivity index (χ2v) is 14.6. The van der Waals surface area contributed by atoms with E-state index < -0.39 is 42.9 Å². The molecule has 0 spiro atoms. The van der Waals surface area contributed by atoms with Crippen molar-refractivity contribution in [3.8, 4) is 5.75 Å². The summed E-state index contributed by atoms with van der Waals surface area (Å²) < 4.78 is 19.9. The summed E-state index contributed by atoms with van der Waals surface area (Å²) in [6.45, 7) is 12.4. The third kappa shape index (κ3) is 5.42. The average Bonchev–Trinajstić information content (AvgIpc) is 3.11. The Bertz CT molecular complexity index is 1140. The van der Waals surface area contributed by atoms with Gasteiger partial charge in [-0.3, -0.25) is 24.5 Å². The molecule has 1 aliphatic heterocycles. The van der Waals surface area contributed by atoms with Gasteiger partial charge in [0.15, 0.2) is 14.1 Å². The molecule has 1 aliphatic rings. The van der Waals surface area contributed by atoms with E-state index in [0.29, 0.717) is 5.56 Å². The third-order valence-electron chi connectivity index (χ3n) is 6.39. The van der Waals surface area contributed by atoms with Crippen LogP contribution in [0.15, 0.2) is 40.1 Å². The fourth-order valence-electron chi connectivity index (χ4n) is 3.32. The lowest BCUT2D eigenvalue weighted by molar-refractivity contribution is -0.386. The van der Waals surface area contributed by atoms with Gasteiger partial charge in [0.05, 0.1) is 11.5 Å². The molecule has 1 aromatic carbocycles. The van der Waals surface area contributed by atoms with Crippen LogP contribution in [0.4, 0.5) is 5.69 Å². The molecule has 2 aromatic rings. The second kappa shape index (κ2) is 9.24. The number of para-hydroxylation sites is 2. The quantitative estimate of drug-likeness (QED) is 0.367. The molecule has 2 heterocycles. The minimum absolute atomic E-state index is 0.0213. The zero-order chi connectivity index (χ0) is 24.6. The Hall–Kier alpha value is -2.76. The molecule has 0 amide bonds. The zero-order valence-corrected chi connectivity index (χ0v) is 20.8. The van der Waals surface area contributed by atoms with E-state index in [1.807, 2.05) is 0 Å². The summed E-state index contributed by atoms with van der Waals surface area (Å²) in [4.78, 5) is 37.4. The SMILES string of the molecule is Cc1cn([C@H]2C[C@H](Oc3ccccc3[N+](=O)[O-])[C@@H](CO[Si](C)(C)C(C)(C)C)O2)c(=O)[nH]c1=O. The summed E-state index contributed by atoms with van der Waals surface area (Å²) in [5.41, 5.74) is -0.830. The van der Waals surface area contributed by atoms with Crippen LogP contribution in [-0.4, -0.2) is 41.6 Å². The van der Waals surface area contributed by atoms with Gasteiger partial charge >= 0.3 is 11.4 Å². The maximum absolute atomic E-state index is 12.4. The Labute approximate surface area is 192 Å². The van der Waals surface area contributed by atoms with Crippen molar-refractivity contribution in [3.63, 3.8) is 0 Å². The molecule has 11 heteroatoms. The Morgan fingerprint density at radius 3 is 2.58 bits per heavy atom. The summed E-state index contributed by atoms with van der Waals surface area (Å²) in [5.74, 6) is 0.124.